The Balaban J connectivity index is 1.20. The summed E-state index contributed by atoms with van der Waals surface area (Å²) in [6, 6.07) is 0. The van der Waals surface area contributed by atoms with Crippen molar-refractivity contribution in [1.82, 2.24) is 0 Å². The molecule has 2 aliphatic heterocycles. The highest BCUT2D eigenvalue weighted by molar-refractivity contribution is 6.79. The molecule has 2 heterocycles. The highest BCUT2D eigenvalue weighted by atomic mass is 15.4. The monoisotopic (exact) mass is 864 g/mol. The lowest BCUT2D eigenvalue weighted by Gasteiger charge is -2.48. The second-order valence-electron chi connectivity index (χ2n) is 29.1. The molecular formula is C68H20N2+2. The SMILES string of the molecule is C[N+]1(C)CC23c4c5c6c7c8c9c%10c%11c%12c%13c%14c(c-5c5c%15c%16c(c%17c%18c2c2c4c7c4c8c7c%10c8c%10c%11c%11c%13c(c%14%15)c%13c%16c%14c%17c%15c%18c%16c2c4c2c7c8c4c(c%162)c%15c2c%14c%13c%11c%10c24)C53C1)C61C[N+](C)(C)CC9%121. The fourth-order valence-corrected chi connectivity index (χ4v) is 28.5. The summed E-state index contributed by atoms with van der Waals surface area (Å²) in [5.41, 5.74) is 18.1. The molecule has 0 radical (unpaired) electrons. The number of hydrogen-bond donors (Lipinski definition) is 0. The van der Waals surface area contributed by atoms with E-state index in [1.807, 2.05) is 55.6 Å². The number of likely N-dealkylation sites (N-methyl/N-ethyl adjacent to an activating group) is 2. The number of quaternary nitrogens is 2. The van der Waals surface area contributed by atoms with Crippen LogP contribution in [0.15, 0.2) is 0 Å². The van der Waals surface area contributed by atoms with E-state index in [0.29, 0.717) is 0 Å². The first kappa shape index (κ1) is 26.6. The normalized spacial score (nSPS) is 29.7. The molecule has 2 fully saturated rings. The van der Waals surface area contributed by atoms with Gasteiger partial charge in [-0.15, -0.1) is 0 Å². The fraction of sp³-hybridized carbons (Fsp3) is 0.176. The number of rotatable bonds is 0. The van der Waals surface area contributed by atoms with E-state index in [0.717, 1.165) is 8.97 Å². The summed E-state index contributed by atoms with van der Waals surface area (Å²) < 4.78 is 2.17. The van der Waals surface area contributed by atoms with E-state index in [2.05, 4.69) is 28.2 Å². The Morgan fingerprint density at radius 1 is 0.171 bits per heavy atom. The van der Waals surface area contributed by atoms with Crippen molar-refractivity contribution in [1.29, 1.82) is 0 Å². The Labute approximate surface area is 386 Å². The average molecular weight is 865 g/mol. The van der Waals surface area contributed by atoms with Crippen LogP contribution in [0.25, 0.3) is 259 Å². The highest BCUT2D eigenvalue weighted by Gasteiger charge is 2.82. The molecule has 0 amide bonds. The molecule has 10 aliphatic rings. The third-order valence-corrected chi connectivity index (χ3v) is 27.5. The quantitative estimate of drug-likeness (QED) is 0.105. The first-order valence-electron chi connectivity index (χ1n) is 27.0. The molecule has 8 aliphatic carbocycles. The third kappa shape index (κ3) is 1.33. The minimum absolute atomic E-state index is 0.104. The Hall–Kier alpha value is -7.36. The predicted octanol–water partition coefficient (Wildman–Crippen LogP) is 15.0. The van der Waals surface area contributed by atoms with Crippen LogP contribution in [-0.2, 0) is 21.7 Å². The van der Waals surface area contributed by atoms with Gasteiger partial charge in [-0.05, 0) is 303 Å². The molecule has 4 spiro atoms. The summed E-state index contributed by atoms with van der Waals surface area (Å²) >= 11 is 0. The second kappa shape index (κ2) is 5.63. The first-order chi connectivity index (χ1) is 34.3. The van der Waals surface area contributed by atoms with Gasteiger partial charge in [0, 0.05) is 0 Å². The van der Waals surface area contributed by atoms with Gasteiger partial charge in [-0.1, -0.05) is 0 Å². The summed E-state index contributed by atoms with van der Waals surface area (Å²) in [6.07, 6.45) is 0. The average Bonchev–Trinajstić information content (AvgIpc) is 4.21. The zero-order valence-electron chi connectivity index (χ0n) is 37.7. The molecule has 2 heteroatoms. The molecular weight excluding hydrogens is 845 g/mol. The van der Waals surface area contributed by atoms with E-state index in [1.54, 1.807) is 248 Å². The van der Waals surface area contributed by atoms with Gasteiger partial charge in [0.25, 0.3) is 0 Å². The van der Waals surface area contributed by atoms with Crippen LogP contribution in [0.2, 0.25) is 0 Å². The van der Waals surface area contributed by atoms with Crippen molar-refractivity contribution in [2.24, 2.45) is 0 Å². The number of nitrogens with zero attached hydrogens (tertiary/aromatic N) is 2. The van der Waals surface area contributed by atoms with Crippen LogP contribution in [0.1, 0.15) is 44.5 Å². The van der Waals surface area contributed by atoms with Crippen molar-refractivity contribution < 1.29 is 8.97 Å². The molecule has 70 heavy (non-hydrogen) atoms. The predicted molar refractivity (Wildman–Crippen MR) is 290 cm³/mol. The van der Waals surface area contributed by atoms with Gasteiger partial charge in [0.2, 0.25) is 0 Å². The van der Waals surface area contributed by atoms with Crippen molar-refractivity contribution in [2.45, 2.75) is 21.7 Å². The van der Waals surface area contributed by atoms with Crippen LogP contribution in [0, 0.1) is 0 Å². The van der Waals surface area contributed by atoms with Gasteiger partial charge < -0.3 is 8.97 Å². The van der Waals surface area contributed by atoms with Gasteiger partial charge in [-0.25, -0.2) is 0 Å². The first-order valence-corrected chi connectivity index (χ1v) is 27.0. The largest absolute Gasteiger partial charge is 0.326 e. The second-order valence-corrected chi connectivity index (χ2v) is 29.1. The molecule has 0 N–H and O–H groups in total. The van der Waals surface area contributed by atoms with Crippen LogP contribution in [0.5, 0.6) is 0 Å². The van der Waals surface area contributed by atoms with Gasteiger partial charge in [0.05, 0.1) is 76.0 Å². The molecule has 0 aromatic heterocycles. The summed E-state index contributed by atoms with van der Waals surface area (Å²) in [6.45, 7) is 4.82. The van der Waals surface area contributed by atoms with E-state index in [1.165, 1.54) is 26.2 Å². The van der Waals surface area contributed by atoms with Gasteiger partial charge in [0.15, 0.2) is 0 Å². The van der Waals surface area contributed by atoms with Gasteiger partial charge in [-0.2, -0.15) is 0 Å². The Kier molecular flexibility index (Phi) is 2.14. The Morgan fingerprint density at radius 2 is 0.286 bits per heavy atom. The van der Waals surface area contributed by atoms with Crippen molar-refractivity contribution in [3.05, 3.63) is 44.5 Å². The lowest BCUT2D eigenvalue weighted by Crippen LogP contribution is -2.51. The van der Waals surface area contributed by atoms with Crippen molar-refractivity contribution in [3.63, 3.8) is 0 Å². The minimum atomic E-state index is -0.108. The zero-order valence-corrected chi connectivity index (χ0v) is 37.7. The molecule has 24 aromatic rings. The maximum atomic E-state index is 2.69. The topological polar surface area (TPSA) is 0 Å². The third-order valence-electron chi connectivity index (χ3n) is 27.5. The Bertz CT molecular complexity index is 6800. The number of benzene rings is 16. The molecule has 2 saturated heterocycles. The van der Waals surface area contributed by atoms with E-state index in [-0.39, 0.29) is 21.7 Å². The maximum Gasteiger partial charge on any atom is 0.0937 e. The van der Waals surface area contributed by atoms with Crippen LogP contribution in [-0.4, -0.2) is 63.3 Å². The van der Waals surface area contributed by atoms with Crippen LogP contribution in [0.3, 0.4) is 0 Å². The maximum absolute atomic E-state index is 2.69. The minimum Gasteiger partial charge on any atom is -0.326 e. The molecule has 2 nitrogen and oxygen atoms in total. The van der Waals surface area contributed by atoms with E-state index >= 15 is 0 Å². The molecule has 24 aromatic carbocycles. The lowest BCUT2D eigenvalue weighted by molar-refractivity contribution is -0.880. The number of hydrogen-bond acceptors (Lipinski definition) is 0. The molecule has 300 valence electrons. The standard InChI is InChI=1S/C68H20N2/c1-69(2)5-65-57-43-33-22-13-9-10-12-17-11(9)18-15-20(13)28(33)39-31-24(15)35-26(18)37-30(17)38-27-19(12)16-21-14(10)23(22)34-29(21)40-32-25(16)36(27)48-52-42(32)54(50(40)58(65)44(34)43)64-56-55-61-51(41(31)53(49(39)57)63(55)68(64,65)8-69)47(35)59-45(37)46(38)60(48)67(62(52)56)7-70(3,4)6-66(59,61)67/h5-8H2,1-4H3/q+2. The summed E-state index contributed by atoms with van der Waals surface area (Å²) in [5.74, 6) is 0. The molecule has 0 bridgehead atoms. The van der Waals surface area contributed by atoms with Crippen LogP contribution in [0.4, 0.5) is 0 Å². The smallest absolute Gasteiger partial charge is 0.0937 e. The summed E-state index contributed by atoms with van der Waals surface area (Å²) in [5, 5.41) is 79.5. The highest BCUT2D eigenvalue weighted by Crippen LogP contribution is 2.89. The zero-order chi connectivity index (χ0) is 42.2. The van der Waals surface area contributed by atoms with E-state index < -0.39 is 0 Å². The molecule has 0 saturated carbocycles. The Morgan fingerprint density at radius 3 is 0.471 bits per heavy atom. The van der Waals surface area contributed by atoms with Crippen LogP contribution >= 0.6 is 0 Å². The van der Waals surface area contributed by atoms with Crippen molar-refractivity contribution >= 4 is 248 Å². The van der Waals surface area contributed by atoms with Gasteiger partial charge in [-0.3, -0.25) is 0 Å². The van der Waals surface area contributed by atoms with Gasteiger partial charge in [0.1, 0.15) is 0 Å². The van der Waals surface area contributed by atoms with Gasteiger partial charge >= 0.3 is 0 Å². The molecule has 34 rings (SSSR count). The fourth-order valence-electron chi connectivity index (χ4n) is 28.5. The summed E-state index contributed by atoms with van der Waals surface area (Å²) in [4.78, 5) is 0. The molecule has 2 unspecified atom stereocenters. The van der Waals surface area contributed by atoms with Crippen molar-refractivity contribution in [3.8, 4) is 11.1 Å². The van der Waals surface area contributed by atoms with E-state index in [4.69, 9.17) is 0 Å². The van der Waals surface area contributed by atoms with E-state index in [9.17, 15) is 0 Å². The summed E-state index contributed by atoms with van der Waals surface area (Å²) in [7, 11) is 10.7. The number of likely N-dealkylation sites (tertiary alicyclic amines) is 2. The van der Waals surface area contributed by atoms with Crippen molar-refractivity contribution in [2.75, 3.05) is 54.4 Å². The van der Waals surface area contributed by atoms with Crippen LogP contribution < -0.4 is 0 Å². The lowest BCUT2D eigenvalue weighted by atomic mass is 9.49. The molecule has 2 atom stereocenters.